The molecule has 0 unspecified atom stereocenters. The van der Waals surface area contributed by atoms with Crippen LogP contribution < -0.4 is 5.32 Å². The van der Waals surface area contributed by atoms with Crippen LogP contribution in [0.3, 0.4) is 0 Å². The zero-order valence-corrected chi connectivity index (χ0v) is 11.4. The summed E-state index contributed by atoms with van der Waals surface area (Å²) >= 11 is 0. The lowest BCUT2D eigenvalue weighted by Gasteiger charge is -2.05. The molecule has 0 saturated heterocycles. The van der Waals surface area contributed by atoms with E-state index in [4.69, 9.17) is 11.1 Å². The van der Waals surface area contributed by atoms with Crippen LogP contribution in [-0.2, 0) is 13.6 Å². The molecule has 2 aromatic rings. The number of carbonyl (C=O) groups is 1. The van der Waals surface area contributed by atoms with E-state index in [1.54, 1.807) is 7.05 Å². The largest absolute Gasteiger partial charge is 0.304 e. The summed E-state index contributed by atoms with van der Waals surface area (Å²) in [6.45, 7) is 0.0384. The third kappa shape index (κ3) is 3.73. The van der Waals surface area contributed by atoms with Crippen molar-refractivity contribution in [3.05, 3.63) is 56.4 Å². The van der Waals surface area contributed by atoms with Crippen molar-refractivity contribution < 1.29 is 4.79 Å². The van der Waals surface area contributed by atoms with E-state index >= 15 is 0 Å². The van der Waals surface area contributed by atoms with Crippen LogP contribution in [0.5, 0.6) is 0 Å². The van der Waals surface area contributed by atoms with Gasteiger partial charge in [-0.3, -0.25) is 9.48 Å². The molecule has 0 bridgehead atoms. The molecule has 0 saturated carbocycles. The summed E-state index contributed by atoms with van der Waals surface area (Å²) in [5, 5.41) is 16.9. The third-order valence-corrected chi connectivity index (χ3v) is 2.56. The summed E-state index contributed by atoms with van der Waals surface area (Å²) in [5.41, 5.74) is 17.9. The highest BCUT2D eigenvalue weighted by molar-refractivity contribution is 6.04. The number of carbonyl (C=O) groups excluding carboxylic acids is 1. The van der Waals surface area contributed by atoms with Gasteiger partial charge in [0.05, 0.1) is 12.7 Å². The van der Waals surface area contributed by atoms with E-state index in [1.165, 1.54) is 29.1 Å². The van der Waals surface area contributed by atoms with Crippen LogP contribution in [0.1, 0.15) is 15.9 Å². The number of benzene rings is 1. The molecule has 0 fully saturated rings. The molecule has 0 aliphatic carbocycles. The second kappa shape index (κ2) is 6.75. The number of nitrogens with zero attached hydrogens (tertiary/aromatic N) is 9. The van der Waals surface area contributed by atoms with Crippen LogP contribution in [0.15, 0.2) is 34.6 Å². The summed E-state index contributed by atoms with van der Waals surface area (Å²) in [4.78, 5) is 17.5. The molecule has 0 radical (unpaired) electrons. The molecule has 2 rings (SSSR count). The fourth-order valence-corrected chi connectivity index (χ4v) is 1.71. The van der Waals surface area contributed by atoms with Crippen molar-refractivity contribution in [1.82, 2.24) is 15.0 Å². The van der Waals surface area contributed by atoms with Crippen molar-refractivity contribution >= 4 is 17.4 Å². The summed E-state index contributed by atoms with van der Waals surface area (Å²) in [6, 6.07) is 4.50. The minimum Gasteiger partial charge on any atom is -0.304 e. The van der Waals surface area contributed by atoms with Gasteiger partial charge in [-0.2, -0.15) is 0 Å². The van der Waals surface area contributed by atoms with Crippen LogP contribution in [0.2, 0.25) is 0 Å². The number of rotatable bonds is 5. The maximum absolute atomic E-state index is 12.2. The van der Waals surface area contributed by atoms with E-state index in [0.717, 1.165) is 0 Å². The first-order valence-corrected chi connectivity index (χ1v) is 6.00. The van der Waals surface area contributed by atoms with Crippen LogP contribution in [0.25, 0.3) is 20.9 Å². The number of hydrogen-bond donors (Lipinski definition) is 1. The van der Waals surface area contributed by atoms with E-state index in [0.29, 0.717) is 11.4 Å². The standard InChI is InChI=1S/C11H10N10O/c1-21-6-10(17-20-21)15-11(22)8-2-7(5-14-18-12)3-9(4-8)16-19-13/h2-4,6H,5H2,1H3,(H,15,22). The fourth-order valence-electron chi connectivity index (χ4n) is 1.71. The summed E-state index contributed by atoms with van der Waals surface area (Å²) < 4.78 is 1.44. The topological polar surface area (TPSA) is 157 Å². The Hall–Kier alpha value is -3.55. The molecule has 0 spiro atoms. The van der Waals surface area contributed by atoms with Gasteiger partial charge in [0, 0.05) is 28.1 Å². The number of nitrogens with one attached hydrogen (secondary N) is 1. The first-order chi connectivity index (χ1) is 10.6. The van der Waals surface area contributed by atoms with Gasteiger partial charge in [-0.1, -0.05) is 15.4 Å². The van der Waals surface area contributed by atoms with Gasteiger partial charge in [0.15, 0.2) is 5.82 Å². The number of anilines is 1. The molecule has 110 valence electrons. The van der Waals surface area contributed by atoms with Crippen molar-refractivity contribution in [2.24, 2.45) is 17.3 Å². The van der Waals surface area contributed by atoms with Crippen LogP contribution in [0.4, 0.5) is 11.5 Å². The molecule has 0 aliphatic heterocycles. The molecule has 11 nitrogen and oxygen atoms in total. The fraction of sp³-hybridized carbons (Fsp3) is 0.182. The Labute approximate surface area is 123 Å². The molecular weight excluding hydrogens is 288 g/mol. The Morgan fingerprint density at radius 1 is 1.36 bits per heavy atom. The second-order valence-corrected chi connectivity index (χ2v) is 4.20. The van der Waals surface area contributed by atoms with Gasteiger partial charge in [-0.15, -0.1) is 5.10 Å². The lowest BCUT2D eigenvalue weighted by atomic mass is 10.1. The molecule has 1 aromatic carbocycles. The van der Waals surface area contributed by atoms with Crippen molar-refractivity contribution in [2.75, 3.05) is 5.32 Å². The predicted molar refractivity (Wildman–Crippen MR) is 77.1 cm³/mol. The highest BCUT2D eigenvalue weighted by Crippen LogP contribution is 2.20. The Bertz CT molecular complexity index is 797. The predicted octanol–water partition coefficient (Wildman–Crippen LogP) is 2.82. The van der Waals surface area contributed by atoms with E-state index in [9.17, 15) is 4.79 Å². The lowest BCUT2D eigenvalue weighted by Crippen LogP contribution is -2.12. The molecule has 11 heteroatoms. The minimum absolute atomic E-state index is 0.0384. The highest BCUT2D eigenvalue weighted by Gasteiger charge is 2.10. The number of aromatic nitrogens is 3. The van der Waals surface area contributed by atoms with Gasteiger partial charge >= 0.3 is 0 Å². The van der Waals surface area contributed by atoms with Gasteiger partial charge in [0.25, 0.3) is 5.91 Å². The van der Waals surface area contributed by atoms with E-state index in [1.807, 2.05) is 0 Å². The van der Waals surface area contributed by atoms with E-state index in [2.05, 4.69) is 35.7 Å². The Morgan fingerprint density at radius 3 is 2.82 bits per heavy atom. The van der Waals surface area contributed by atoms with Gasteiger partial charge in [-0.25, -0.2) is 0 Å². The number of aryl methyl sites for hydroxylation is 1. The molecule has 22 heavy (non-hydrogen) atoms. The molecule has 1 amide bonds. The van der Waals surface area contributed by atoms with Crippen molar-refractivity contribution in [3.8, 4) is 0 Å². The molecule has 0 atom stereocenters. The quantitative estimate of drug-likeness (QED) is 0.511. The van der Waals surface area contributed by atoms with Gasteiger partial charge in [-0.05, 0) is 34.8 Å². The first-order valence-electron chi connectivity index (χ1n) is 6.00. The molecule has 1 heterocycles. The Kier molecular flexibility index (Phi) is 4.56. The van der Waals surface area contributed by atoms with Gasteiger partial charge < -0.3 is 5.32 Å². The van der Waals surface area contributed by atoms with E-state index in [-0.39, 0.29) is 17.8 Å². The maximum Gasteiger partial charge on any atom is 0.256 e. The summed E-state index contributed by atoms with van der Waals surface area (Å²) in [5.74, 6) is -0.157. The number of amides is 1. The van der Waals surface area contributed by atoms with Crippen molar-refractivity contribution in [2.45, 2.75) is 6.54 Å². The van der Waals surface area contributed by atoms with Gasteiger partial charge in [0.1, 0.15) is 0 Å². The van der Waals surface area contributed by atoms with Crippen molar-refractivity contribution in [1.29, 1.82) is 0 Å². The summed E-state index contributed by atoms with van der Waals surface area (Å²) in [6.07, 6.45) is 1.54. The first kappa shape index (κ1) is 14.9. The van der Waals surface area contributed by atoms with Crippen molar-refractivity contribution in [3.63, 3.8) is 0 Å². The monoisotopic (exact) mass is 298 g/mol. The molecule has 0 aliphatic rings. The zero-order chi connectivity index (χ0) is 15.9. The number of hydrogen-bond acceptors (Lipinski definition) is 5. The summed E-state index contributed by atoms with van der Waals surface area (Å²) in [7, 11) is 1.67. The smallest absolute Gasteiger partial charge is 0.256 e. The van der Waals surface area contributed by atoms with Crippen LogP contribution in [0, 0.1) is 0 Å². The average Bonchev–Trinajstić information content (AvgIpc) is 2.90. The van der Waals surface area contributed by atoms with Crippen LogP contribution >= 0.6 is 0 Å². The van der Waals surface area contributed by atoms with E-state index < -0.39 is 5.91 Å². The maximum atomic E-state index is 12.2. The minimum atomic E-state index is -0.447. The third-order valence-electron chi connectivity index (χ3n) is 2.56. The zero-order valence-electron chi connectivity index (χ0n) is 11.4. The van der Waals surface area contributed by atoms with Crippen LogP contribution in [-0.4, -0.2) is 20.9 Å². The Morgan fingerprint density at radius 2 is 2.18 bits per heavy atom. The second-order valence-electron chi connectivity index (χ2n) is 4.20. The molecular formula is C11H10N10O. The Balaban J connectivity index is 2.31. The molecule has 1 aromatic heterocycles. The van der Waals surface area contributed by atoms with Gasteiger partial charge in [0.2, 0.25) is 0 Å². The lowest BCUT2D eigenvalue weighted by molar-refractivity contribution is 0.102. The highest BCUT2D eigenvalue weighted by atomic mass is 16.1. The average molecular weight is 298 g/mol. The molecule has 1 N–H and O–H groups in total. The SMILES string of the molecule is Cn1cc(NC(=O)c2cc(CN=[N+]=[N-])cc(N=[N+]=[N-])c2)nn1. The normalized spacial score (nSPS) is 9.50. The number of azide groups is 2.